The maximum absolute atomic E-state index is 4.19. The molecule has 0 saturated heterocycles. The van der Waals surface area contributed by atoms with Crippen LogP contribution in [0.15, 0.2) is 25.0 Å². The van der Waals surface area contributed by atoms with E-state index in [0.29, 0.717) is 0 Å². The summed E-state index contributed by atoms with van der Waals surface area (Å²) in [6, 6.07) is 0. The molecule has 0 aliphatic rings. The molecule has 1 heterocycles. The van der Waals surface area contributed by atoms with Crippen molar-refractivity contribution in [2.24, 2.45) is 0 Å². The molecule has 0 spiro atoms. The molecule has 0 aliphatic heterocycles. The monoisotopic (exact) mass is 179 g/mol. The van der Waals surface area contributed by atoms with Crippen LogP contribution in [0.3, 0.4) is 0 Å². The Hall–Kier alpha value is -1.09. The van der Waals surface area contributed by atoms with Gasteiger partial charge in [0, 0.05) is 24.8 Å². The fourth-order valence-electron chi connectivity index (χ4n) is 1.11. The summed E-state index contributed by atoms with van der Waals surface area (Å²) >= 11 is 0. The lowest BCUT2D eigenvalue weighted by Gasteiger charge is -1.98. The van der Waals surface area contributed by atoms with E-state index in [9.17, 15) is 0 Å². The van der Waals surface area contributed by atoms with Gasteiger partial charge in [-0.15, -0.1) is 6.58 Å². The molecule has 0 unspecified atom stereocenters. The Morgan fingerprint density at radius 3 is 3.15 bits per heavy atom. The largest absolute Gasteiger partial charge is 0.312 e. The van der Waals surface area contributed by atoms with Crippen molar-refractivity contribution in [2.75, 3.05) is 6.54 Å². The van der Waals surface area contributed by atoms with Crippen LogP contribution in [-0.2, 0) is 13.1 Å². The molecule has 1 aromatic heterocycles. The lowest BCUT2D eigenvalue weighted by atomic mass is 10.3. The molecule has 0 fully saturated rings. The van der Waals surface area contributed by atoms with E-state index in [1.165, 1.54) is 5.56 Å². The Morgan fingerprint density at radius 1 is 1.69 bits per heavy atom. The number of hydrogen-bond donors (Lipinski definition) is 1. The Bertz CT molecular complexity index is 252. The highest BCUT2D eigenvalue weighted by Gasteiger charge is 1.95. The molecule has 0 atom stereocenters. The van der Waals surface area contributed by atoms with Gasteiger partial charge >= 0.3 is 0 Å². The molecule has 0 bridgehead atoms. The topological polar surface area (TPSA) is 29.9 Å². The van der Waals surface area contributed by atoms with Crippen LogP contribution in [0.5, 0.6) is 0 Å². The van der Waals surface area contributed by atoms with Crippen molar-refractivity contribution >= 4 is 0 Å². The third-order valence-electron chi connectivity index (χ3n) is 1.87. The Morgan fingerprint density at radius 2 is 2.54 bits per heavy atom. The summed E-state index contributed by atoms with van der Waals surface area (Å²) in [7, 11) is 0. The Labute approximate surface area is 79.5 Å². The third kappa shape index (κ3) is 3.42. The van der Waals surface area contributed by atoms with Crippen LogP contribution in [0, 0.1) is 0 Å². The van der Waals surface area contributed by atoms with Gasteiger partial charge in [0.25, 0.3) is 0 Å². The first-order valence-electron chi connectivity index (χ1n) is 4.69. The lowest BCUT2D eigenvalue weighted by Crippen LogP contribution is -2.13. The molecule has 1 rings (SSSR count). The van der Waals surface area contributed by atoms with Gasteiger partial charge in [-0.1, -0.05) is 6.08 Å². The summed E-state index contributed by atoms with van der Waals surface area (Å²) in [5, 5.41) is 7.51. The fraction of sp³-hybridized carbons (Fsp3) is 0.500. The van der Waals surface area contributed by atoms with Gasteiger partial charge in [0.2, 0.25) is 0 Å². The van der Waals surface area contributed by atoms with Gasteiger partial charge in [-0.3, -0.25) is 4.68 Å². The highest BCUT2D eigenvalue weighted by molar-refractivity contribution is 5.03. The zero-order chi connectivity index (χ0) is 9.52. The lowest BCUT2D eigenvalue weighted by molar-refractivity contribution is 0.656. The van der Waals surface area contributed by atoms with E-state index in [1.54, 1.807) is 0 Å². The van der Waals surface area contributed by atoms with E-state index in [4.69, 9.17) is 0 Å². The van der Waals surface area contributed by atoms with Crippen LogP contribution in [-0.4, -0.2) is 16.3 Å². The zero-order valence-corrected chi connectivity index (χ0v) is 8.16. The minimum atomic E-state index is 0.897. The smallest absolute Gasteiger partial charge is 0.0534 e. The molecule has 13 heavy (non-hydrogen) atoms. The number of nitrogens with one attached hydrogen (secondary N) is 1. The minimum Gasteiger partial charge on any atom is -0.312 e. The van der Waals surface area contributed by atoms with Gasteiger partial charge in [-0.05, 0) is 19.9 Å². The summed E-state index contributed by atoms with van der Waals surface area (Å²) in [5.74, 6) is 0. The third-order valence-corrected chi connectivity index (χ3v) is 1.87. The van der Waals surface area contributed by atoms with Crippen LogP contribution >= 0.6 is 0 Å². The first-order chi connectivity index (χ1) is 6.36. The molecule has 0 aromatic carbocycles. The fourth-order valence-corrected chi connectivity index (χ4v) is 1.11. The van der Waals surface area contributed by atoms with E-state index in [2.05, 4.69) is 30.1 Å². The molecule has 72 valence electrons. The molecule has 0 aliphatic carbocycles. The number of nitrogens with zero attached hydrogens (tertiary/aromatic N) is 2. The molecule has 0 amide bonds. The highest BCUT2D eigenvalue weighted by atomic mass is 15.3. The summed E-state index contributed by atoms with van der Waals surface area (Å²) in [6.45, 7) is 8.57. The molecular formula is C10H17N3. The van der Waals surface area contributed by atoms with Crippen molar-refractivity contribution in [1.29, 1.82) is 0 Å². The summed E-state index contributed by atoms with van der Waals surface area (Å²) in [5.41, 5.74) is 1.24. The van der Waals surface area contributed by atoms with Crippen LogP contribution in [0.25, 0.3) is 0 Å². The molecule has 3 heteroatoms. The SMILES string of the molecule is C=CCCNCc1cnn(CC)c1. The van der Waals surface area contributed by atoms with Crippen molar-refractivity contribution < 1.29 is 0 Å². The number of rotatable bonds is 6. The van der Waals surface area contributed by atoms with Gasteiger partial charge in [-0.25, -0.2) is 0 Å². The Kier molecular flexibility index (Phi) is 4.26. The number of aromatic nitrogens is 2. The Balaban J connectivity index is 2.24. The van der Waals surface area contributed by atoms with Crippen molar-refractivity contribution in [3.8, 4) is 0 Å². The maximum atomic E-state index is 4.19. The normalized spacial score (nSPS) is 10.2. The zero-order valence-electron chi connectivity index (χ0n) is 8.16. The molecule has 0 radical (unpaired) electrons. The minimum absolute atomic E-state index is 0.897. The second-order valence-electron chi connectivity index (χ2n) is 2.96. The van der Waals surface area contributed by atoms with Gasteiger partial charge < -0.3 is 5.32 Å². The van der Waals surface area contributed by atoms with Gasteiger partial charge in [0.1, 0.15) is 0 Å². The maximum Gasteiger partial charge on any atom is 0.0534 e. The highest BCUT2D eigenvalue weighted by Crippen LogP contribution is 1.96. The van der Waals surface area contributed by atoms with Crippen LogP contribution in [0.1, 0.15) is 18.9 Å². The molecule has 0 saturated carbocycles. The van der Waals surface area contributed by atoms with E-state index < -0.39 is 0 Å². The van der Waals surface area contributed by atoms with E-state index in [1.807, 2.05) is 17.0 Å². The van der Waals surface area contributed by atoms with Crippen molar-refractivity contribution in [3.05, 3.63) is 30.6 Å². The van der Waals surface area contributed by atoms with Crippen LogP contribution in [0.4, 0.5) is 0 Å². The predicted octanol–water partition coefficient (Wildman–Crippen LogP) is 1.57. The summed E-state index contributed by atoms with van der Waals surface area (Å²) < 4.78 is 1.94. The summed E-state index contributed by atoms with van der Waals surface area (Å²) in [6.07, 6.45) is 6.91. The van der Waals surface area contributed by atoms with E-state index in [0.717, 1.165) is 26.1 Å². The van der Waals surface area contributed by atoms with Gasteiger partial charge in [-0.2, -0.15) is 5.10 Å². The van der Waals surface area contributed by atoms with E-state index in [-0.39, 0.29) is 0 Å². The average Bonchev–Trinajstić information content (AvgIpc) is 2.60. The summed E-state index contributed by atoms with van der Waals surface area (Å²) in [4.78, 5) is 0. The first kappa shape index (κ1) is 9.99. The second-order valence-corrected chi connectivity index (χ2v) is 2.96. The predicted molar refractivity (Wildman–Crippen MR) is 54.4 cm³/mol. The van der Waals surface area contributed by atoms with Crippen molar-refractivity contribution in [3.63, 3.8) is 0 Å². The second kappa shape index (κ2) is 5.54. The molecule has 1 aromatic rings. The van der Waals surface area contributed by atoms with Gasteiger partial charge in [0.15, 0.2) is 0 Å². The standard InChI is InChI=1S/C10H17N3/c1-3-5-6-11-7-10-8-12-13(4-2)9-10/h3,8-9,11H,1,4-7H2,2H3. The number of hydrogen-bond acceptors (Lipinski definition) is 2. The average molecular weight is 179 g/mol. The van der Waals surface area contributed by atoms with Crippen molar-refractivity contribution in [2.45, 2.75) is 26.4 Å². The van der Waals surface area contributed by atoms with Crippen molar-refractivity contribution in [1.82, 2.24) is 15.1 Å². The van der Waals surface area contributed by atoms with Crippen LogP contribution < -0.4 is 5.32 Å². The first-order valence-corrected chi connectivity index (χ1v) is 4.69. The molecule has 1 N–H and O–H groups in total. The van der Waals surface area contributed by atoms with Gasteiger partial charge in [0.05, 0.1) is 6.20 Å². The molecule has 3 nitrogen and oxygen atoms in total. The molecular weight excluding hydrogens is 162 g/mol. The quantitative estimate of drug-likeness (QED) is 0.530. The van der Waals surface area contributed by atoms with E-state index >= 15 is 0 Å². The van der Waals surface area contributed by atoms with Crippen LogP contribution in [0.2, 0.25) is 0 Å². The number of aryl methyl sites for hydroxylation is 1.